The molecule has 100 valence electrons. The Hall–Kier alpha value is -2.08. The predicted octanol–water partition coefficient (Wildman–Crippen LogP) is 4.77. The van der Waals surface area contributed by atoms with Gasteiger partial charge in [0, 0.05) is 12.0 Å². The van der Waals surface area contributed by atoms with Gasteiger partial charge in [0.1, 0.15) is 5.60 Å². The highest BCUT2D eigenvalue weighted by atomic mass is 16.5. The maximum atomic E-state index is 6.38. The molecule has 1 heteroatoms. The smallest absolute Gasteiger partial charge is 0.120 e. The Morgan fingerprint density at radius 2 is 1.65 bits per heavy atom. The predicted molar refractivity (Wildman–Crippen MR) is 81.3 cm³/mol. The highest BCUT2D eigenvalue weighted by Crippen LogP contribution is 2.48. The zero-order valence-corrected chi connectivity index (χ0v) is 11.7. The van der Waals surface area contributed by atoms with Crippen molar-refractivity contribution in [1.29, 1.82) is 0 Å². The van der Waals surface area contributed by atoms with Crippen LogP contribution in [0.2, 0.25) is 0 Å². The second kappa shape index (κ2) is 5.13. The molecule has 1 aliphatic heterocycles. The van der Waals surface area contributed by atoms with Crippen LogP contribution in [0.4, 0.5) is 0 Å². The molecule has 1 aliphatic rings. The van der Waals surface area contributed by atoms with Crippen molar-refractivity contribution < 1.29 is 4.74 Å². The van der Waals surface area contributed by atoms with Crippen LogP contribution in [0, 0.1) is 0 Å². The van der Waals surface area contributed by atoms with E-state index in [0.29, 0.717) is 0 Å². The number of hydrogen-bond donors (Lipinski definition) is 0. The summed E-state index contributed by atoms with van der Waals surface area (Å²) in [5.74, 6) is 0. The van der Waals surface area contributed by atoms with Gasteiger partial charge in [0.15, 0.2) is 0 Å². The van der Waals surface area contributed by atoms with Crippen molar-refractivity contribution in [2.75, 3.05) is 0 Å². The fourth-order valence-electron chi connectivity index (χ4n) is 2.87. The van der Waals surface area contributed by atoms with Crippen molar-refractivity contribution in [2.24, 2.45) is 0 Å². The molecule has 1 heterocycles. The molecular formula is C19H18O. The van der Waals surface area contributed by atoms with E-state index in [9.17, 15) is 0 Å². The molecule has 3 rings (SSSR count). The lowest BCUT2D eigenvalue weighted by atomic mass is 9.88. The SMILES string of the molecule is C=C=C1C[C@@H](c2ccccc2)O[C@@]1(C)c1ccccc1. The summed E-state index contributed by atoms with van der Waals surface area (Å²) in [5.41, 5.74) is 6.16. The van der Waals surface area contributed by atoms with Gasteiger partial charge in [-0.1, -0.05) is 67.2 Å². The Balaban J connectivity index is 1.99. The first-order valence-electron chi connectivity index (χ1n) is 6.92. The van der Waals surface area contributed by atoms with Crippen LogP contribution in [0.25, 0.3) is 0 Å². The summed E-state index contributed by atoms with van der Waals surface area (Å²) < 4.78 is 6.38. The zero-order valence-electron chi connectivity index (χ0n) is 11.7. The molecule has 0 unspecified atom stereocenters. The first kappa shape index (κ1) is 12.9. The maximum Gasteiger partial charge on any atom is 0.120 e. The molecule has 0 amide bonds. The summed E-state index contributed by atoms with van der Waals surface area (Å²) >= 11 is 0. The van der Waals surface area contributed by atoms with Crippen LogP contribution in [0.3, 0.4) is 0 Å². The molecular weight excluding hydrogens is 244 g/mol. The first-order valence-corrected chi connectivity index (χ1v) is 6.92. The second-order valence-corrected chi connectivity index (χ2v) is 5.28. The Morgan fingerprint density at radius 1 is 1.05 bits per heavy atom. The largest absolute Gasteiger partial charge is 0.357 e. The number of hydrogen-bond acceptors (Lipinski definition) is 1. The quantitative estimate of drug-likeness (QED) is 0.708. The van der Waals surface area contributed by atoms with Gasteiger partial charge in [-0.05, 0) is 18.1 Å². The Bertz CT molecular complexity index is 638. The first-order chi connectivity index (χ1) is 9.74. The van der Waals surface area contributed by atoms with Crippen LogP contribution >= 0.6 is 0 Å². The molecule has 20 heavy (non-hydrogen) atoms. The molecule has 0 spiro atoms. The van der Waals surface area contributed by atoms with Gasteiger partial charge in [0.05, 0.1) is 6.10 Å². The third kappa shape index (κ3) is 2.12. The molecule has 1 nitrogen and oxygen atoms in total. The van der Waals surface area contributed by atoms with Crippen molar-refractivity contribution in [3.63, 3.8) is 0 Å². The summed E-state index contributed by atoms with van der Waals surface area (Å²) in [5, 5.41) is 0. The zero-order chi connectivity index (χ0) is 14.0. The van der Waals surface area contributed by atoms with Crippen molar-refractivity contribution in [1.82, 2.24) is 0 Å². The van der Waals surface area contributed by atoms with Crippen molar-refractivity contribution in [2.45, 2.75) is 25.0 Å². The minimum Gasteiger partial charge on any atom is -0.357 e. The van der Waals surface area contributed by atoms with Gasteiger partial charge in [0.25, 0.3) is 0 Å². The molecule has 2 atom stereocenters. The van der Waals surface area contributed by atoms with E-state index in [2.05, 4.69) is 43.5 Å². The standard InChI is InChI=1S/C19H18O/c1-3-16-14-18(15-10-6-4-7-11-15)20-19(16,2)17-12-8-5-9-13-17/h4-13,18H,1,14H2,2H3/t18-,19+/m0/s1. The number of rotatable bonds is 2. The van der Waals surface area contributed by atoms with E-state index in [4.69, 9.17) is 4.74 Å². The minimum atomic E-state index is -0.427. The Morgan fingerprint density at radius 3 is 2.25 bits per heavy atom. The van der Waals surface area contributed by atoms with E-state index in [0.717, 1.165) is 17.6 Å². The molecule has 0 aliphatic carbocycles. The minimum absolute atomic E-state index is 0.0747. The monoisotopic (exact) mass is 262 g/mol. The van der Waals surface area contributed by atoms with Gasteiger partial charge in [-0.25, -0.2) is 0 Å². The van der Waals surface area contributed by atoms with Crippen LogP contribution < -0.4 is 0 Å². The van der Waals surface area contributed by atoms with E-state index >= 15 is 0 Å². The van der Waals surface area contributed by atoms with Crippen LogP contribution in [0.5, 0.6) is 0 Å². The van der Waals surface area contributed by atoms with Crippen LogP contribution in [0.1, 0.15) is 30.6 Å². The summed E-state index contributed by atoms with van der Waals surface area (Å²) in [6.07, 6.45) is 0.921. The van der Waals surface area contributed by atoms with E-state index in [1.807, 2.05) is 36.4 Å². The summed E-state index contributed by atoms with van der Waals surface area (Å²) in [6, 6.07) is 20.7. The molecule has 2 aromatic carbocycles. The van der Waals surface area contributed by atoms with Crippen molar-refractivity contribution >= 4 is 0 Å². The maximum absolute atomic E-state index is 6.38. The van der Waals surface area contributed by atoms with Gasteiger partial charge in [-0.2, -0.15) is 0 Å². The summed E-state index contributed by atoms with van der Waals surface area (Å²) in [4.78, 5) is 0. The lowest BCUT2D eigenvalue weighted by molar-refractivity contribution is -0.0202. The molecule has 1 saturated heterocycles. The van der Waals surface area contributed by atoms with Gasteiger partial charge in [-0.15, -0.1) is 5.73 Å². The Kier molecular flexibility index (Phi) is 3.31. The van der Waals surface area contributed by atoms with E-state index in [-0.39, 0.29) is 6.10 Å². The van der Waals surface area contributed by atoms with Gasteiger partial charge in [-0.3, -0.25) is 0 Å². The normalized spacial score (nSPS) is 25.4. The topological polar surface area (TPSA) is 9.23 Å². The fourth-order valence-corrected chi connectivity index (χ4v) is 2.87. The van der Waals surface area contributed by atoms with Crippen LogP contribution in [-0.4, -0.2) is 0 Å². The molecule has 0 radical (unpaired) electrons. The number of ether oxygens (including phenoxy) is 1. The summed E-state index contributed by atoms with van der Waals surface area (Å²) in [6.45, 7) is 5.96. The van der Waals surface area contributed by atoms with Gasteiger partial charge in [0.2, 0.25) is 0 Å². The lowest BCUT2D eigenvalue weighted by Crippen LogP contribution is -2.22. The molecule has 2 aromatic rings. The molecule has 0 bridgehead atoms. The highest BCUT2D eigenvalue weighted by Gasteiger charge is 2.42. The second-order valence-electron chi connectivity index (χ2n) is 5.28. The van der Waals surface area contributed by atoms with E-state index < -0.39 is 5.60 Å². The Labute approximate surface area is 120 Å². The van der Waals surface area contributed by atoms with E-state index in [1.54, 1.807) is 0 Å². The lowest BCUT2D eigenvalue weighted by Gasteiger charge is -2.26. The highest BCUT2D eigenvalue weighted by molar-refractivity contribution is 5.36. The third-order valence-corrected chi connectivity index (χ3v) is 4.05. The van der Waals surface area contributed by atoms with Gasteiger partial charge >= 0.3 is 0 Å². The average Bonchev–Trinajstić information content (AvgIpc) is 2.87. The fraction of sp³-hybridized carbons (Fsp3) is 0.211. The molecule has 0 N–H and O–H groups in total. The van der Waals surface area contributed by atoms with Crippen LogP contribution in [0.15, 0.2) is 78.5 Å². The molecule has 0 aromatic heterocycles. The number of benzene rings is 2. The van der Waals surface area contributed by atoms with Crippen molar-refractivity contribution in [3.05, 3.63) is 89.7 Å². The van der Waals surface area contributed by atoms with Gasteiger partial charge < -0.3 is 4.74 Å². The average molecular weight is 262 g/mol. The van der Waals surface area contributed by atoms with E-state index in [1.165, 1.54) is 5.56 Å². The summed E-state index contributed by atoms with van der Waals surface area (Å²) in [7, 11) is 0. The third-order valence-electron chi connectivity index (χ3n) is 4.05. The van der Waals surface area contributed by atoms with Crippen LogP contribution in [-0.2, 0) is 10.3 Å². The van der Waals surface area contributed by atoms with Crippen molar-refractivity contribution in [3.8, 4) is 0 Å². The molecule has 0 saturated carbocycles. The molecule has 1 fully saturated rings.